The van der Waals surface area contributed by atoms with Gasteiger partial charge in [-0.25, -0.2) is 4.98 Å². The van der Waals surface area contributed by atoms with Crippen molar-refractivity contribution < 1.29 is 4.74 Å². The van der Waals surface area contributed by atoms with Gasteiger partial charge in [0.05, 0.1) is 8.99 Å². The Morgan fingerprint density at radius 1 is 1.20 bits per heavy atom. The van der Waals surface area contributed by atoms with Crippen molar-refractivity contribution in [3.63, 3.8) is 0 Å². The van der Waals surface area contributed by atoms with Gasteiger partial charge < -0.3 is 9.72 Å². The van der Waals surface area contributed by atoms with E-state index >= 15 is 0 Å². The molecule has 0 aliphatic carbocycles. The van der Waals surface area contributed by atoms with E-state index in [0.29, 0.717) is 16.8 Å². The minimum atomic E-state index is -0.247. The van der Waals surface area contributed by atoms with Crippen molar-refractivity contribution >= 4 is 22.6 Å². The molecule has 0 saturated carbocycles. The number of benzene rings is 1. The molecule has 1 aromatic heterocycles. The van der Waals surface area contributed by atoms with Crippen molar-refractivity contribution in [3.8, 4) is 0 Å². The SMILES string of the molecule is O=c1[nH]c(C2(c3ccccc3)CCOCC2)ncc1I. The molecule has 20 heavy (non-hydrogen) atoms. The Bertz CT molecular complexity index is 648. The van der Waals surface area contributed by atoms with Gasteiger partial charge in [-0.2, -0.15) is 0 Å². The van der Waals surface area contributed by atoms with Crippen LogP contribution in [0.2, 0.25) is 0 Å². The monoisotopic (exact) mass is 382 g/mol. The van der Waals surface area contributed by atoms with E-state index in [1.54, 1.807) is 6.20 Å². The Labute approximate surface area is 130 Å². The van der Waals surface area contributed by atoms with Crippen molar-refractivity contribution in [2.45, 2.75) is 18.3 Å². The van der Waals surface area contributed by atoms with Crippen LogP contribution in [0.1, 0.15) is 24.2 Å². The summed E-state index contributed by atoms with van der Waals surface area (Å²) in [6, 6.07) is 10.3. The number of nitrogens with zero attached hydrogens (tertiary/aromatic N) is 1. The summed E-state index contributed by atoms with van der Waals surface area (Å²) in [6.07, 6.45) is 3.32. The molecule has 1 aliphatic rings. The molecule has 0 bridgehead atoms. The molecule has 1 saturated heterocycles. The summed E-state index contributed by atoms with van der Waals surface area (Å²) in [5.41, 5.74) is 0.869. The molecule has 1 aromatic carbocycles. The molecule has 1 aliphatic heterocycles. The molecule has 0 radical (unpaired) electrons. The first-order valence-corrected chi connectivity index (χ1v) is 7.69. The summed E-state index contributed by atoms with van der Waals surface area (Å²) in [4.78, 5) is 19.4. The molecule has 3 rings (SSSR count). The molecule has 1 N–H and O–H groups in total. The second-order valence-electron chi connectivity index (χ2n) is 4.97. The van der Waals surface area contributed by atoms with E-state index in [2.05, 4.69) is 22.1 Å². The number of rotatable bonds is 2. The Balaban J connectivity index is 2.15. The van der Waals surface area contributed by atoms with Crippen LogP contribution >= 0.6 is 22.6 Å². The van der Waals surface area contributed by atoms with Gasteiger partial charge in [-0.15, -0.1) is 0 Å². The normalized spacial score (nSPS) is 17.9. The van der Waals surface area contributed by atoms with Crippen molar-refractivity contribution in [2.75, 3.05) is 13.2 Å². The number of H-pyrrole nitrogens is 1. The smallest absolute Gasteiger partial charge is 0.264 e. The van der Waals surface area contributed by atoms with Gasteiger partial charge >= 0.3 is 0 Å². The third-order valence-electron chi connectivity index (χ3n) is 3.88. The topological polar surface area (TPSA) is 55.0 Å². The van der Waals surface area contributed by atoms with Gasteiger partial charge in [0.2, 0.25) is 0 Å². The Morgan fingerprint density at radius 2 is 1.90 bits per heavy atom. The van der Waals surface area contributed by atoms with E-state index in [1.807, 2.05) is 40.8 Å². The van der Waals surface area contributed by atoms with E-state index in [4.69, 9.17) is 4.74 Å². The minimum absolute atomic E-state index is 0.0719. The van der Waals surface area contributed by atoms with Crippen molar-refractivity contribution in [1.82, 2.24) is 9.97 Å². The first kappa shape index (κ1) is 13.8. The average Bonchev–Trinajstić information content (AvgIpc) is 2.51. The van der Waals surface area contributed by atoms with E-state index in [1.165, 1.54) is 5.56 Å². The molecule has 0 atom stereocenters. The lowest BCUT2D eigenvalue weighted by Gasteiger charge is -2.36. The maximum absolute atomic E-state index is 11.9. The zero-order valence-electron chi connectivity index (χ0n) is 10.9. The highest BCUT2D eigenvalue weighted by Gasteiger charge is 2.38. The van der Waals surface area contributed by atoms with Crippen LogP contribution in [-0.4, -0.2) is 23.2 Å². The van der Waals surface area contributed by atoms with Crippen LogP contribution < -0.4 is 5.56 Å². The zero-order chi connectivity index (χ0) is 14.0. The van der Waals surface area contributed by atoms with Gasteiger partial charge in [-0.1, -0.05) is 30.3 Å². The third-order valence-corrected chi connectivity index (χ3v) is 4.65. The quantitative estimate of drug-likeness (QED) is 0.813. The summed E-state index contributed by atoms with van der Waals surface area (Å²) in [5, 5.41) is 0. The lowest BCUT2D eigenvalue weighted by Crippen LogP contribution is -2.38. The van der Waals surface area contributed by atoms with Gasteiger partial charge in [-0.3, -0.25) is 4.79 Å². The van der Waals surface area contributed by atoms with Crippen LogP contribution in [-0.2, 0) is 10.2 Å². The Kier molecular flexibility index (Phi) is 3.89. The molecule has 1 fully saturated rings. The number of ether oxygens (including phenoxy) is 1. The molecule has 4 nitrogen and oxygen atoms in total. The summed E-state index contributed by atoms with van der Waals surface area (Å²) >= 11 is 2.00. The number of nitrogens with one attached hydrogen (secondary N) is 1. The Morgan fingerprint density at radius 3 is 2.55 bits per heavy atom. The van der Waals surface area contributed by atoms with Crippen molar-refractivity contribution in [1.29, 1.82) is 0 Å². The van der Waals surface area contributed by atoms with Gasteiger partial charge in [0.25, 0.3) is 5.56 Å². The van der Waals surface area contributed by atoms with E-state index in [9.17, 15) is 4.79 Å². The fourth-order valence-electron chi connectivity index (χ4n) is 2.76. The van der Waals surface area contributed by atoms with Crippen LogP contribution in [0.3, 0.4) is 0 Å². The highest BCUT2D eigenvalue weighted by Crippen LogP contribution is 2.38. The molecule has 2 aromatic rings. The Hall–Kier alpha value is -1.21. The summed E-state index contributed by atoms with van der Waals surface area (Å²) in [6.45, 7) is 1.37. The van der Waals surface area contributed by atoms with Crippen molar-refractivity contribution in [2.24, 2.45) is 0 Å². The molecular formula is C15H15IN2O2. The van der Waals surface area contributed by atoms with Crippen LogP contribution in [0.15, 0.2) is 41.3 Å². The maximum Gasteiger partial charge on any atom is 0.264 e. The van der Waals surface area contributed by atoms with Crippen LogP contribution in [0.4, 0.5) is 0 Å². The molecule has 0 unspecified atom stereocenters. The van der Waals surface area contributed by atoms with Crippen molar-refractivity contribution in [3.05, 3.63) is 61.8 Å². The highest BCUT2D eigenvalue weighted by atomic mass is 127. The second-order valence-corrected chi connectivity index (χ2v) is 6.13. The number of aromatic nitrogens is 2. The fraction of sp³-hybridized carbons (Fsp3) is 0.333. The first-order valence-electron chi connectivity index (χ1n) is 6.61. The summed E-state index contributed by atoms with van der Waals surface area (Å²) < 4.78 is 6.11. The molecule has 0 amide bonds. The number of hydrogen-bond acceptors (Lipinski definition) is 3. The predicted molar refractivity (Wildman–Crippen MR) is 84.8 cm³/mol. The third kappa shape index (κ3) is 2.40. The molecule has 104 valence electrons. The summed E-state index contributed by atoms with van der Waals surface area (Å²) in [5.74, 6) is 0.748. The summed E-state index contributed by atoms with van der Waals surface area (Å²) in [7, 11) is 0. The zero-order valence-corrected chi connectivity index (χ0v) is 13.1. The standard InChI is InChI=1S/C15H15IN2O2/c16-12-10-17-14(18-13(12)19)15(6-8-20-9-7-15)11-4-2-1-3-5-11/h1-5,10H,6-9H2,(H,17,18,19). The van der Waals surface area contributed by atoms with Gasteiger partial charge in [0.15, 0.2) is 0 Å². The van der Waals surface area contributed by atoms with Crippen LogP contribution in [0, 0.1) is 3.57 Å². The molecule has 0 spiro atoms. The van der Waals surface area contributed by atoms with E-state index in [-0.39, 0.29) is 11.0 Å². The second kappa shape index (κ2) is 5.65. The lowest BCUT2D eigenvalue weighted by atomic mass is 9.73. The average molecular weight is 382 g/mol. The van der Waals surface area contributed by atoms with Gasteiger partial charge in [0, 0.05) is 19.4 Å². The molecule has 2 heterocycles. The van der Waals surface area contributed by atoms with Gasteiger partial charge in [0.1, 0.15) is 5.82 Å². The number of hydrogen-bond donors (Lipinski definition) is 1. The molecular weight excluding hydrogens is 367 g/mol. The molecule has 5 heteroatoms. The van der Waals surface area contributed by atoms with Crippen LogP contribution in [0.25, 0.3) is 0 Å². The van der Waals surface area contributed by atoms with E-state index in [0.717, 1.165) is 18.7 Å². The fourth-order valence-corrected chi connectivity index (χ4v) is 3.04. The minimum Gasteiger partial charge on any atom is -0.381 e. The predicted octanol–water partition coefficient (Wildman–Crippen LogP) is 2.47. The number of aromatic amines is 1. The van der Waals surface area contributed by atoms with Crippen LogP contribution in [0.5, 0.6) is 0 Å². The lowest BCUT2D eigenvalue weighted by molar-refractivity contribution is 0.0603. The highest BCUT2D eigenvalue weighted by molar-refractivity contribution is 14.1. The van der Waals surface area contributed by atoms with Gasteiger partial charge in [-0.05, 0) is 41.0 Å². The first-order chi connectivity index (χ1) is 9.72. The largest absolute Gasteiger partial charge is 0.381 e. The maximum atomic E-state index is 11.9. The van der Waals surface area contributed by atoms with E-state index < -0.39 is 0 Å². The number of halogens is 1.